The molecular formula is C16H31NO. The summed E-state index contributed by atoms with van der Waals surface area (Å²) in [6.07, 6.45) is 9.13. The Labute approximate surface area is 113 Å². The SMILES string of the molecule is CCCNC(C1=CCCCC1)C(OCC)C(C)C. The van der Waals surface area contributed by atoms with E-state index in [0.29, 0.717) is 18.1 Å². The van der Waals surface area contributed by atoms with E-state index in [9.17, 15) is 0 Å². The highest BCUT2D eigenvalue weighted by molar-refractivity contribution is 5.16. The highest BCUT2D eigenvalue weighted by atomic mass is 16.5. The van der Waals surface area contributed by atoms with Crippen LogP contribution in [0.3, 0.4) is 0 Å². The van der Waals surface area contributed by atoms with E-state index in [2.05, 4.69) is 39.1 Å². The van der Waals surface area contributed by atoms with Gasteiger partial charge in [0.05, 0.1) is 12.1 Å². The van der Waals surface area contributed by atoms with Crippen molar-refractivity contribution in [3.63, 3.8) is 0 Å². The van der Waals surface area contributed by atoms with Gasteiger partial charge < -0.3 is 10.1 Å². The van der Waals surface area contributed by atoms with Crippen molar-refractivity contribution in [1.29, 1.82) is 0 Å². The number of rotatable bonds is 8. The largest absolute Gasteiger partial charge is 0.376 e. The number of ether oxygens (including phenoxy) is 1. The fraction of sp³-hybridized carbons (Fsp3) is 0.875. The highest BCUT2D eigenvalue weighted by Gasteiger charge is 2.27. The van der Waals surface area contributed by atoms with Crippen LogP contribution in [0, 0.1) is 5.92 Å². The minimum absolute atomic E-state index is 0.311. The maximum Gasteiger partial charge on any atom is 0.0789 e. The van der Waals surface area contributed by atoms with Crippen LogP contribution in [0.5, 0.6) is 0 Å². The van der Waals surface area contributed by atoms with Gasteiger partial charge in [-0.25, -0.2) is 0 Å². The van der Waals surface area contributed by atoms with Crippen molar-refractivity contribution in [3.8, 4) is 0 Å². The van der Waals surface area contributed by atoms with E-state index in [1.807, 2.05) is 0 Å². The molecule has 0 heterocycles. The third kappa shape index (κ3) is 4.74. The van der Waals surface area contributed by atoms with Crippen LogP contribution in [0.2, 0.25) is 0 Å². The molecule has 1 N–H and O–H groups in total. The number of nitrogens with one attached hydrogen (secondary N) is 1. The lowest BCUT2D eigenvalue weighted by Gasteiger charge is -2.34. The summed E-state index contributed by atoms with van der Waals surface area (Å²) in [6, 6.07) is 0.421. The van der Waals surface area contributed by atoms with Gasteiger partial charge in [0.1, 0.15) is 0 Å². The Morgan fingerprint density at radius 2 is 2.06 bits per heavy atom. The van der Waals surface area contributed by atoms with Gasteiger partial charge in [-0.3, -0.25) is 0 Å². The zero-order valence-corrected chi connectivity index (χ0v) is 12.7. The lowest BCUT2D eigenvalue weighted by molar-refractivity contribution is 0.0110. The second kappa shape index (κ2) is 8.71. The molecule has 0 fully saturated rings. The molecule has 1 rings (SSSR count). The standard InChI is InChI=1S/C16H31NO/c1-5-12-17-15(14-10-8-7-9-11-14)16(13(3)4)18-6-2/h10,13,15-17H,5-9,11-12H2,1-4H3. The second-order valence-corrected chi connectivity index (χ2v) is 5.62. The number of allylic oxidation sites excluding steroid dienone is 1. The summed E-state index contributed by atoms with van der Waals surface area (Å²) >= 11 is 0. The lowest BCUT2D eigenvalue weighted by atomic mass is 9.87. The lowest BCUT2D eigenvalue weighted by Crippen LogP contribution is -2.46. The van der Waals surface area contributed by atoms with Crippen molar-refractivity contribution in [1.82, 2.24) is 5.32 Å². The van der Waals surface area contributed by atoms with Gasteiger partial charge in [0.2, 0.25) is 0 Å². The van der Waals surface area contributed by atoms with Crippen molar-refractivity contribution in [3.05, 3.63) is 11.6 Å². The monoisotopic (exact) mass is 253 g/mol. The van der Waals surface area contributed by atoms with Crippen molar-refractivity contribution in [2.75, 3.05) is 13.2 Å². The zero-order valence-electron chi connectivity index (χ0n) is 12.7. The number of hydrogen-bond acceptors (Lipinski definition) is 2. The summed E-state index contributed by atoms with van der Waals surface area (Å²) in [7, 11) is 0. The summed E-state index contributed by atoms with van der Waals surface area (Å²) < 4.78 is 6.01. The first-order valence-electron chi connectivity index (χ1n) is 7.74. The minimum atomic E-state index is 0.311. The summed E-state index contributed by atoms with van der Waals surface area (Å²) in [5.41, 5.74) is 1.59. The van der Waals surface area contributed by atoms with Gasteiger partial charge >= 0.3 is 0 Å². The summed E-state index contributed by atoms with van der Waals surface area (Å²) in [5, 5.41) is 3.71. The van der Waals surface area contributed by atoms with Crippen LogP contribution < -0.4 is 5.32 Å². The molecule has 0 aromatic rings. The van der Waals surface area contributed by atoms with E-state index >= 15 is 0 Å². The molecule has 0 amide bonds. The first-order chi connectivity index (χ1) is 8.70. The van der Waals surface area contributed by atoms with Crippen molar-refractivity contribution >= 4 is 0 Å². The molecule has 0 aliphatic heterocycles. The normalized spacial score (nSPS) is 19.7. The smallest absolute Gasteiger partial charge is 0.0789 e. The summed E-state index contributed by atoms with van der Waals surface area (Å²) in [6.45, 7) is 10.7. The van der Waals surface area contributed by atoms with Crippen molar-refractivity contribution < 1.29 is 4.74 Å². The molecule has 0 aromatic carbocycles. The van der Waals surface area contributed by atoms with Crippen LogP contribution in [-0.4, -0.2) is 25.3 Å². The molecular weight excluding hydrogens is 222 g/mol. The predicted octanol–water partition coefficient (Wildman–Crippen LogP) is 3.92. The Kier molecular flexibility index (Phi) is 7.60. The second-order valence-electron chi connectivity index (χ2n) is 5.62. The van der Waals surface area contributed by atoms with Gasteiger partial charge in [0.15, 0.2) is 0 Å². The summed E-state index contributed by atoms with van der Waals surface area (Å²) in [5.74, 6) is 0.558. The Hall–Kier alpha value is -0.340. The third-order valence-corrected chi connectivity index (χ3v) is 3.68. The topological polar surface area (TPSA) is 21.3 Å². The predicted molar refractivity (Wildman–Crippen MR) is 78.9 cm³/mol. The average molecular weight is 253 g/mol. The molecule has 2 heteroatoms. The van der Waals surface area contributed by atoms with Gasteiger partial charge in [0, 0.05) is 6.61 Å². The highest BCUT2D eigenvalue weighted by Crippen LogP contribution is 2.25. The molecule has 0 saturated heterocycles. The van der Waals surface area contributed by atoms with E-state index < -0.39 is 0 Å². The Bertz CT molecular complexity index is 247. The van der Waals surface area contributed by atoms with Gasteiger partial charge in [0.25, 0.3) is 0 Å². The molecule has 0 spiro atoms. The zero-order chi connectivity index (χ0) is 13.4. The van der Waals surface area contributed by atoms with Crippen molar-refractivity contribution in [2.45, 2.75) is 71.9 Å². The van der Waals surface area contributed by atoms with Crippen LogP contribution in [0.25, 0.3) is 0 Å². The van der Waals surface area contributed by atoms with Crippen molar-refractivity contribution in [2.24, 2.45) is 5.92 Å². The Morgan fingerprint density at radius 3 is 2.56 bits per heavy atom. The van der Waals surface area contributed by atoms with Crippen LogP contribution in [0.4, 0.5) is 0 Å². The number of hydrogen-bond donors (Lipinski definition) is 1. The molecule has 1 aliphatic rings. The molecule has 106 valence electrons. The van der Waals surface area contributed by atoms with E-state index in [4.69, 9.17) is 4.74 Å². The van der Waals surface area contributed by atoms with E-state index in [1.54, 1.807) is 5.57 Å². The first-order valence-corrected chi connectivity index (χ1v) is 7.74. The maximum atomic E-state index is 6.01. The van der Waals surface area contributed by atoms with E-state index in [-0.39, 0.29) is 0 Å². The van der Waals surface area contributed by atoms with Crippen LogP contribution in [0.15, 0.2) is 11.6 Å². The molecule has 0 aromatic heterocycles. The quantitative estimate of drug-likeness (QED) is 0.662. The van der Waals surface area contributed by atoms with E-state index in [1.165, 1.54) is 32.1 Å². The van der Waals surface area contributed by atoms with Gasteiger partial charge in [-0.2, -0.15) is 0 Å². The molecule has 1 aliphatic carbocycles. The van der Waals surface area contributed by atoms with Gasteiger partial charge in [-0.1, -0.05) is 32.4 Å². The fourth-order valence-corrected chi connectivity index (χ4v) is 2.77. The molecule has 2 nitrogen and oxygen atoms in total. The summed E-state index contributed by atoms with van der Waals surface area (Å²) in [4.78, 5) is 0. The van der Waals surface area contributed by atoms with Crippen LogP contribution in [-0.2, 0) is 4.74 Å². The average Bonchev–Trinajstić information content (AvgIpc) is 2.39. The Balaban J connectivity index is 2.76. The first kappa shape index (κ1) is 15.7. The molecule has 0 bridgehead atoms. The van der Waals surface area contributed by atoms with Crippen LogP contribution in [0.1, 0.15) is 59.8 Å². The minimum Gasteiger partial charge on any atom is -0.376 e. The van der Waals surface area contributed by atoms with Gasteiger partial charge in [-0.05, 0) is 51.5 Å². The third-order valence-electron chi connectivity index (χ3n) is 3.68. The molecule has 0 saturated carbocycles. The molecule has 0 radical (unpaired) electrons. The molecule has 18 heavy (non-hydrogen) atoms. The van der Waals surface area contributed by atoms with Gasteiger partial charge in [-0.15, -0.1) is 0 Å². The van der Waals surface area contributed by atoms with E-state index in [0.717, 1.165) is 13.2 Å². The fourth-order valence-electron chi connectivity index (χ4n) is 2.77. The maximum absolute atomic E-state index is 6.01. The Morgan fingerprint density at radius 1 is 1.28 bits per heavy atom. The molecule has 2 atom stereocenters. The van der Waals surface area contributed by atoms with Crippen LogP contribution >= 0.6 is 0 Å². The molecule has 2 unspecified atom stereocenters.